The van der Waals surface area contributed by atoms with Crippen molar-refractivity contribution >= 4 is 22.5 Å². The number of anilines is 1. The molecular weight excluding hydrogens is 276 g/mol. The van der Waals surface area contributed by atoms with Crippen LogP contribution in [-0.4, -0.2) is 16.1 Å². The zero-order valence-corrected chi connectivity index (χ0v) is 12.2. The van der Waals surface area contributed by atoms with Gasteiger partial charge in [-0.25, -0.2) is 0 Å². The second-order valence-electron chi connectivity index (χ2n) is 5.15. The number of amides is 1. The van der Waals surface area contributed by atoms with Crippen molar-refractivity contribution in [3.05, 3.63) is 65.4 Å². The zero-order valence-electron chi connectivity index (χ0n) is 12.2. The average Bonchev–Trinajstić information content (AvgIpc) is 2.54. The largest absolute Gasteiger partial charge is 0.396 e. The first-order valence-corrected chi connectivity index (χ1v) is 7.00. The third-order valence-corrected chi connectivity index (χ3v) is 3.47. The number of rotatable bonds is 3. The molecule has 5 heteroatoms. The number of aromatic nitrogens is 2. The van der Waals surface area contributed by atoms with Gasteiger partial charge in [-0.3, -0.25) is 4.79 Å². The van der Waals surface area contributed by atoms with Gasteiger partial charge >= 0.3 is 0 Å². The molecule has 2 aromatic carbocycles. The van der Waals surface area contributed by atoms with Crippen LogP contribution in [-0.2, 0) is 6.54 Å². The van der Waals surface area contributed by atoms with E-state index in [2.05, 4.69) is 15.5 Å². The monoisotopic (exact) mass is 292 g/mol. The molecule has 5 nitrogen and oxygen atoms in total. The van der Waals surface area contributed by atoms with Crippen molar-refractivity contribution in [3.63, 3.8) is 0 Å². The van der Waals surface area contributed by atoms with E-state index in [9.17, 15) is 4.79 Å². The Balaban J connectivity index is 1.85. The van der Waals surface area contributed by atoms with Gasteiger partial charge in [-0.05, 0) is 24.1 Å². The van der Waals surface area contributed by atoms with Gasteiger partial charge in [0, 0.05) is 11.9 Å². The Morgan fingerprint density at radius 3 is 2.68 bits per heavy atom. The molecular formula is C17H16N4O. The first-order valence-electron chi connectivity index (χ1n) is 7.00. The first kappa shape index (κ1) is 14.0. The summed E-state index contributed by atoms with van der Waals surface area (Å²) in [4.78, 5) is 12.3. The fourth-order valence-corrected chi connectivity index (χ4v) is 2.27. The van der Waals surface area contributed by atoms with Crippen LogP contribution < -0.4 is 11.1 Å². The maximum Gasteiger partial charge on any atom is 0.274 e. The summed E-state index contributed by atoms with van der Waals surface area (Å²) in [7, 11) is 0. The van der Waals surface area contributed by atoms with Gasteiger partial charge in [-0.15, -0.1) is 10.2 Å². The number of hydrogen-bond acceptors (Lipinski definition) is 4. The fraction of sp³-hybridized carbons (Fsp3) is 0.118. The molecule has 0 aliphatic heterocycles. The Morgan fingerprint density at radius 1 is 1.14 bits per heavy atom. The normalized spacial score (nSPS) is 10.6. The van der Waals surface area contributed by atoms with Crippen molar-refractivity contribution in [2.24, 2.45) is 0 Å². The maximum absolute atomic E-state index is 12.3. The molecule has 3 N–H and O–H groups in total. The number of fused-ring (bicyclic) bond motifs is 1. The lowest BCUT2D eigenvalue weighted by molar-refractivity contribution is 0.0946. The molecule has 0 bridgehead atoms. The Hall–Kier alpha value is -2.95. The van der Waals surface area contributed by atoms with Crippen LogP contribution in [0.3, 0.4) is 0 Å². The molecule has 1 amide bonds. The molecule has 0 atom stereocenters. The minimum atomic E-state index is -0.323. The SMILES string of the molecule is Cc1ccc2c(N)c(C(=O)NCc3ccccc3)nnc2c1. The van der Waals surface area contributed by atoms with Crippen LogP contribution in [0.4, 0.5) is 5.69 Å². The Morgan fingerprint density at radius 2 is 1.91 bits per heavy atom. The van der Waals surface area contributed by atoms with Crippen LogP contribution in [0, 0.1) is 6.92 Å². The van der Waals surface area contributed by atoms with Crippen molar-refractivity contribution in [2.75, 3.05) is 5.73 Å². The van der Waals surface area contributed by atoms with E-state index in [4.69, 9.17) is 5.73 Å². The fourth-order valence-electron chi connectivity index (χ4n) is 2.27. The minimum absolute atomic E-state index is 0.160. The van der Waals surface area contributed by atoms with Gasteiger partial charge in [0.15, 0.2) is 5.69 Å². The second kappa shape index (κ2) is 5.81. The van der Waals surface area contributed by atoms with E-state index in [0.717, 1.165) is 16.5 Å². The highest BCUT2D eigenvalue weighted by atomic mass is 16.1. The molecule has 22 heavy (non-hydrogen) atoms. The molecule has 0 fully saturated rings. The summed E-state index contributed by atoms with van der Waals surface area (Å²) in [5, 5.41) is 11.6. The van der Waals surface area contributed by atoms with Gasteiger partial charge < -0.3 is 11.1 Å². The van der Waals surface area contributed by atoms with Gasteiger partial charge in [-0.1, -0.05) is 42.5 Å². The number of carbonyl (C=O) groups excluding carboxylic acids is 1. The van der Waals surface area contributed by atoms with E-state index in [1.807, 2.05) is 55.5 Å². The van der Waals surface area contributed by atoms with Gasteiger partial charge in [0.05, 0.1) is 11.2 Å². The smallest absolute Gasteiger partial charge is 0.274 e. The number of carbonyl (C=O) groups is 1. The van der Waals surface area contributed by atoms with Crippen LogP contribution in [0.5, 0.6) is 0 Å². The standard InChI is InChI=1S/C17H16N4O/c1-11-7-8-13-14(9-11)20-21-16(15(13)18)17(22)19-10-12-5-3-2-4-6-12/h2-9H,10H2,1H3,(H2,18,20)(H,19,22). The van der Waals surface area contributed by atoms with Crippen LogP contribution in [0.25, 0.3) is 10.9 Å². The lowest BCUT2D eigenvalue weighted by Gasteiger charge is -2.08. The molecule has 1 heterocycles. The van der Waals surface area contributed by atoms with Gasteiger partial charge in [0.1, 0.15) is 0 Å². The Labute approximate surface area is 128 Å². The summed E-state index contributed by atoms with van der Waals surface area (Å²) in [6.45, 7) is 2.39. The zero-order chi connectivity index (χ0) is 15.5. The summed E-state index contributed by atoms with van der Waals surface area (Å²) >= 11 is 0. The molecule has 0 spiro atoms. The molecule has 0 radical (unpaired) electrons. The van der Waals surface area contributed by atoms with Gasteiger partial charge in [0.25, 0.3) is 5.91 Å². The van der Waals surface area contributed by atoms with E-state index >= 15 is 0 Å². The number of nitrogen functional groups attached to an aromatic ring is 1. The molecule has 0 unspecified atom stereocenters. The van der Waals surface area contributed by atoms with Crippen LogP contribution in [0.2, 0.25) is 0 Å². The summed E-state index contributed by atoms with van der Waals surface area (Å²) in [6.07, 6.45) is 0. The predicted molar refractivity (Wildman–Crippen MR) is 86.3 cm³/mol. The molecule has 0 aliphatic carbocycles. The second-order valence-corrected chi connectivity index (χ2v) is 5.15. The predicted octanol–water partition coefficient (Wildman–Crippen LogP) is 2.45. The molecule has 110 valence electrons. The first-order chi connectivity index (χ1) is 10.6. The quantitative estimate of drug-likeness (QED) is 0.777. The highest BCUT2D eigenvalue weighted by molar-refractivity contribution is 6.04. The highest BCUT2D eigenvalue weighted by Crippen LogP contribution is 2.22. The lowest BCUT2D eigenvalue weighted by atomic mass is 10.1. The summed E-state index contributed by atoms with van der Waals surface area (Å²) in [5.41, 5.74) is 9.37. The maximum atomic E-state index is 12.3. The average molecular weight is 292 g/mol. The topological polar surface area (TPSA) is 80.9 Å². The molecule has 3 aromatic rings. The summed E-state index contributed by atoms with van der Waals surface area (Å²) < 4.78 is 0. The van der Waals surface area contributed by atoms with Crippen molar-refractivity contribution in [2.45, 2.75) is 13.5 Å². The lowest BCUT2D eigenvalue weighted by Crippen LogP contribution is -2.25. The van der Waals surface area contributed by atoms with E-state index in [1.54, 1.807) is 0 Å². The number of hydrogen-bond donors (Lipinski definition) is 2. The highest BCUT2D eigenvalue weighted by Gasteiger charge is 2.15. The van der Waals surface area contributed by atoms with Crippen LogP contribution in [0.15, 0.2) is 48.5 Å². The number of benzene rings is 2. The van der Waals surface area contributed by atoms with Crippen molar-refractivity contribution in [1.82, 2.24) is 15.5 Å². The van der Waals surface area contributed by atoms with Gasteiger partial charge in [0.2, 0.25) is 0 Å². The van der Waals surface area contributed by atoms with E-state index < -0.39 is 0 Å². The molecule has 3 rings (SSSR count). The molecule has 0 aliphatic rings. The molecule has 0 saturated carbocycles. The third kappa shape index (κ3) is 2.74. The Bertz CT molecular complexity index is 831. The van der Waals surface area contributed by atoms with Crippen molar-refractivity contribution in [1.29, 1.82) is 0 Å². The number of nitrogens with zero attached hydrogens (tertiary/aromatic N) is 2. The van der Waals surface area contributed by atoms with Gasteiger partial charge in [-0.2, -0.15) is 0 Å². The van der Waals surface area contributed by atoms with E-state index in [0.29, 0.717) is 17.7 Å². The van der Waals surface area contributed by atoms with E-state index in [-0.39, 0.29) is 11.6 Å². The van der Waals surface area contributed by atoms with Crippen molar-refractivity contribution in [3.8, 4) is 0 Å². The summed E-state index contributed by atoms with van der Waals surface area (Å²) in [5.74, 6) is -0.323. The Kier molecular flexibility index (Phi) is 3.70. The minimum Gasteiger partial charge on any atom is -0.396 e. The molecule has 1 aromatic heterocycles. The van der Waals surface area contributed by atoms with E-state index in [1.165, 1.54) is 0 Å². The van der Waals surface area contributed by atoms with Crippen LogP contribution in [0.1, 0.15) is 21.6 Å². The van der Waals surface area contributed by atoms with Crippen molar-refractivity contribution < 1.29 is 4.79 Å². The number of nitrogens with two attached hydrogens (primary N) is 1. The number of nitrogens with one attached hydrogen (secondary N) is 1. The molecule has 0 saturated heterocycles. The van der Waals surface area contributed by atoms with Crippen LogP contribution >= 0.6 is 0 Å². The third-order valence-electron chi connectivity index (χ3n) is 3.47. The summed E-state index contributed by atoms with van der Waals surface area (Å²) in [6, 6.07) is 15.4. The number of aryl methyl sites for hydroxylation is 1.